The number of Topliss-reactive ketones (excluding diaryl/α,β-unsaturated/α-hetero) is 2. The zero-order valence-corrected chi connectivity index (χ0v) is 25.2. The predicted octanol–water partition coefficient (Wildman–Crippen LogP) is 6.43. The van der Waals surface area contributed by atoms with E-state index in [0.29, 0.717) is 0 Å². The van der Waals surface area contributed by atoms with E-state index in [1.54, 1.807) is 36.4 Å². The second-order valence-corrected chi connectivity index (χ2v) is 12.1. The average Bonchev–Trinajstić information content (AvgIpc) is 3.51. The SMILES string of the molecule is CC.CC.O=C1/C(=C2/C(=O)c3ccccc3N2S(=O)(=O)c2ccccc2)N(S(=O)(=O)c2ccccc2)c2ccccc21. The molecule has 8 nitrogen and oxygen atoms in total. The van der Waals surface area contributed by atoms with Crippen molar-refractivity contribution in [1.82, 2.24) is 0 Å². The number of nitrogens with zero attached hydrogens (tertiary/aromatic N) is 2. The molecule has 0 fully saturated rings. The highest BCUT2D eigenvalue weighted by Gasteiger charge is 2.50. The highest BCUT2D eigenvalue weighted by Crippen LogP contribution is 2.46. The molecule has 0 amide bonds. The number of allylic oxidation sites excluding steroid dienone is 2. The Morgan fingerprint density at radius 2 is 0.714 bits per heavy atom. The summed E-state index contributed by atoms with van der Waals surface area (Å²) in [5.74, 6) is -1.55. The fourth-order valence-corrected chi connectivity index (χ4v) is 7.75. The molecule has 0 bridgehead atoms. The third kappa shape index (κ3) is 4.82. The molecule has 2 aliphatic heterocycles. The van der Waals surface area contributed by atoms with Gasteiger partial charge in [0.15, 0.2) is 0 Å². The van der Waals surface area contributed by atoms with E-state index < -0.39 is 43.0 Å². The third-order valence-corrected chi connectivity index (χ3v) is 9.81. The molecule has 0 aliphatic carbocycles. The lowest BCUT2D eigenvalue weighted by atomic mass is 10.1. The van der Waals surface area contributed by atoms with Crippen LogP contribution >= 0.6 is 0 Å². The van der Waals surface area contributed by atoms with Crippen LogP contribution in [0.3, 0.4) is 0 Å². The maximum absolute atomic E-state index is 14.0. The smallest absolute Gasteiger partial charge is 0.268 e. The number of rotatable bonds is 4. The Kier molecular flexibility index (Phi) is 8.79. The van der Waals surface area contributed by atoms with Crippen LogP contribution in [-0.2, 0) is 20.0 Å². The van der Waals surface area contributed by atoms with Crippen molar-refractivity contribution < 1.29 is 26.4 Å². The Balaban J connectivity index is 0.000000972. The molecule has 2 heterocycles. The maximum Gasteiger partial charge on any atom is 0.268 e. The molecule has 4 aromatic rings. The van der Waals surface area contributed by atoms with Crippen molar-refractivity contribution >= 4 is 43.0 Å². The largest absolute Gasteiger partial charge is 0.287 e. The van der Waals surface area contributed by atoms with Gasteiger partial charge in [0.25, 0.3) is 20.0 Å². The van der Waals surface area contributed by atoms with Crippen molar-refractivity contribution in [1.29, 1.82) is 0 Å². The van der Waals surface area contributed by atoms with Crippen LogP contribution in [-0.4, -0.2) is 28.4 Å². The molecular formula is C32H30N2O6S2. The predicted molar refractivity (Wildman–Crippen MR) is 163 cm³/mol. The summed E-state index contributed by atoms with van der Waals surface area (Å²) < 4.78 is 57.5. The number of carbonyl (C=O) groups excluding carboxylic acids is 2. The number of sulfonamides is 2. The summed E-state index contributed by atoms with van der Waals surface area (Å²) in [6.07, 6.45) is 0. The fraction of sp³-hybridized carbons (Fsp3) is 0.125. The van der Waals surface area contributed by atoms with Crippen LogP contribution in [0.5, 0.6) is 0 Å². The van der Waals surface area contributed by atoms with Gasteiger partial charge in [0.05, 0.1) is 21.2 Å². The zero-order valence-electron chi connectivity index (χ0n) is 23.6. The molecule has 0 aromatic heterocycles. The summed E-state index contributed by atoms with van der Waals surface area (Å²) >= 11 is 0. The lowest BCUT2D eigenvalue weighted by molar-refractivity contribution is 0.101. The summed E-state index contributed by atoms with van der Waals surface area (Å²) in [5.41, 5.74) is -0.952. The van der Waals surface area contributed by atoms with Gasteiger partial charge >= 0.3 is 0 Å². The number of carbonyl (C=O) groups is 2. The molecule has 4 aromatic carbocycles. The van der Waals surface area contributed by atoms with Crippen molar-refractivity contribution in [2.24, 2.45) is 0 Å². The normalized spacial score (nSPS) is 15.7. The second-order valence-electron chi connectivity index (χ2n) is 8.55. The lowest BCUT2D eigenvalue weighted by Crippen LogP contribution is -2.36. The quantitative estimate of drug-likeness (QED) is 0.249. The van der Waals surface area contributed by atoms with Gasteiger partial charge in [0, 0.05) is 11.1 Å². The number of hydrogen-bond acceptors (Lipinski definition) is 6. The summed E-state index contributed by atoms with van der Waals surface area (Å²) in [5, 5.41) is 0. The van der Waals surface area contributed by atoms with E-state index in [2.05, 4.69) is 0 Å². The number of benzene rings is 4. The molecule has 0 unspecified atom stereocenters. The number of fused-ring (bicyclic) bond motifs is 2. The molecule has 0 saturated carbocycles. The minimum absolute atomic E-state index is 0.0321. The fourth-order valence-electron chi connectivity index (χ4n) is 4.67. The number of para-hydroxylation sites is 2. The van der Waals surface area contributed by atoms with Crippen molar-refractivity contribution in [2.75, 3.05) is 8.61 Å². The third-order valence-electron chi connectivity index (χ3n) is 6.36. The summed E-state index contributed by atoms with van der Waals surface area (Å²) in [6, 6.07) is 27.0. The van der Waals surface area contributed by atoms with E-state index >= 15 is 0 Å². The Labute approximate surface area is 246 Å². The highest BCUT2D eigenvalue weighted by atomic mass is 32.2. The molecule has 6 rings (SSSR count). The Hall–Kier alpha value is -4.54. The first-order valence-electron chi connectivity index (χ1n) is 13.5. The average molecular weight is 603 g/mol. The van der Waals surface area contributed by atoms with Crippen molar-refractivity contribution in [3.05, 3.63) is 132 Å². The molecule has 0 N–H and O–H groups in total. The molecule has 0 radical (unpaired) electrons. The van der Waals surface area contributed by atoms with Crippen molar-refractivity contribution in [3.8, 4) is 0 Å². The van der Waals surface area contributed by atoms with E-state index in [-0.39, 0.29) is 32.3 Å². The van der Waals surface area contributed by atoms with E-state index in [4.69, 9.17) is 0 Å². The summed E-state index contributed by atoms with van der Waals surface area (Å²) in [6.45, 7) is 8.00. The van der Waals surface area contributed by atoms with Crippen LogP contribution in [0.4, 0.5) is 11.4 Å². The second kappa shape index (κ2) is 12.1. The van der Waals surface area contributed by atoms with Gasteiger partial charge < -0.3 is 0 Å². The Bertz CT molecular complexity index is 1750. The molecule has 10 heteroatoms. The Morgan fingerprint density at radius 3 is 1.05 bits per heavy atom. The van der Waals surface area contributed by atoms with Crippen LogP contribution in [0.15, 0.2) is 130 Å². The van der Waals surface area contributed by atoms with Crippen LogP contribution in [0.1, 0.15) is 48.4 Å². The molecular weight excluding hydrogens is 572 g/mol. The minimum Gasteiger partial charge on any atom is -0.287 e. The Morgan fingerprint density at radius 1 is 0.429 bits per heavy atom. The maximum atomic E-state index is 14.0. The molecule has 216 valence electrons. The van der Waals surface area contributed by atoms with Gasteiger partial charge in [-0.1, -0.05) is 88.4 Å². The van der Waals surface area contributed by atoms with E-state index in [1.807, 2.05) is 27.7 Å². The monoisotopic (exact) mass is 602 g/mol. The first-order valence-corrected chi connectivity index (χ1v) is 16.3. The van der Waals surface area contributed by atoms with Gasteiger partial charge in [-0.15, -0.1) is 0 Å². The van der Waals surface area contributed by atoms with Crippen molar-refractivity contribution in [3.63, 3.8) is 0 Å². The van der Waals surface area contributed by atoms with Gasteiger partial charge in [-0.3, -0.25) is 9.59 Å². The van der Waals surface area contributed by atoms with Gasteiger partial charge in [-0.05, 0) is 48.5 Å². The van der Waals surface area contributed by atoms with Gasteiger partial charge in [-0.2, -0.15) is 0 Å². The van der Waals surface area contributed by atoms with Gasteiger partial charge in [-0.25, -0.2) is 25.4 Å². The summed E-state index contributed by atoms with van der Waals surface area (Å²) in [7, 11) is -8.87. The van der Waals surface area contributed by atoms with Gasteiger partial charge in [0.2, 0.25) is 11.6 Å². The van der Waals surface area contributed by atoms with Crippen LogP contribution in [0.2, 0.25) is 0 Å². The molecule has 42 heavy (non-hydrogen) atoms. The first-order chi connectivity index (χ1) is 20.2. The first kappa shape index (κ1) is 30.4. The van der Waals surface area contributed by atoms with E-state index in [0.717, 1.165) is 8.61 Å². The number of hydrogen-bond donors (Lipinski definition) is 0. The minimum atomic E-state index is -4.44. The summed E-state index contributed by atoms with van der Waals surface area (Å²) in [4.78, 5) is 27.4. The number of anilines is 2. The highest BCUT2D eigenvalue weighted by molar-refractivity contribution is 7.93. The van der Waals surface area contributed by atoms with Crippen LogP contribution < -0.4 is 8.61 Å². The molecule has 0 saturated heterocycles. The standard InChI is InChI=1S/C28H18N2O6S2.2C2H6/c31-27-21-15-7-9-17-23(21)29(37(33,34)19-11-3-1-4-12-19)25(27)26-28(32)22-16-8-10-18-24(22)30(26)38(35,36)20-13-5-2-6-14-20;2*1-2/h1-18H;2*1-2H3/b26-25+;;. The van der Waals surface area contributed by atoms with Gasteiger partial charge in [0.1, 0.15) is 11.4 Å². The molecule has 2 aliphatic rings. The van der Waals surface area contributed by atoms with Crippen LogP contribution in [0, 0.1) is 0 Å². The molecule has 0 atom stereocenters. The van der Waals surface area contributed by atoms with Crippen molar-refractivity contribution in [2.45, 2.75) is 37.5 Å². The lowest BCUT2D eigenvalue weighted by Gasteiger charge is -2.26. The molecule has 0 spiro atoms. The zero-order chi connectivity index (χ0) is 30.7. The van der Waals surface area contributed by atoms with E-state index in [9.17, 15) is 26.4 Å². The number of ketones is 2. The van der Waals surface area contributed by atoms with Crippen LogP contribution in [0.25, 0.3) is 0 Å². The topological polar surface area (TPSA) is 109 Å². The van der Waals surface area contributed by atoms with E-state index in [1.165, 1.54) is 72.8 Å².